The largest absolute Gasteiger partial charge is 0.394 e. The Kier molecular flexibility index (Phi) is 5.47. The maximum absolute atomic E-state index is 11.7. The third kappa shape index (κ3) is 4.35. The van der Waals surface area contributed by atoms with Gasteiger partial charge in [-0.3, -0.25) is 9.59 Å². The van der Waals surface area contributed by atoms with Gasteiger partial charge in [-0.25, -0.2) is 0 Å². The Morgan fingerprint density at radius 1 is 1.26 bits per heavy atom. The summed E-state index contributed by atoms with van der Waals surface area (Å²) in [6.07, 6.45) is 0. The second kappa shape index (κ2) is 6.86. The van der Waals surface area contributed by atoms with Crippen LogP contribution in [0.3, 0.4) is 0 Å². The Morgan fingerprint density at radius 2 is 1.89 bits per heavy atom. The van der Waals surface area contributed by atoms with Crippen LogP contribution in [0.2, 0.25) is 0 Å². The number of rotatable bonds is 6. The molecule has 0 bridgehead atoms. The average Bonchev–Trinajstić information content (AvgIpc) is 2.45. The molecule has 0 radical (unpaired) electrons. The summed E-state index contributed by atoms with van der Waals surface area (Å²) >= 11 is 0. The zero-order valence-electron chi connectivity index (χ0n) is 10.8. The van der Waals surface area contributed by atoms with Crippen molar-refractivity contribution in [1.82, 2.24) is 10.6 Å². The van der Waals surface area contributed by atoms with Crippen LogP contribution < -0.4 is 16.4 Å². The molecule has 0 aliphatic carbocycles. The first kappa shape index (κ1) is 15.1. The SMILES string of the molecule is CC(CO)(NC(=O)CNC(=O)CN)c1ccccc1. The van der Waals surface area contributed by atoms with Crippen molar-refractivity contribution in [2.75, 3.05) is 19.7 Å². The Balaban J connectivity index is 2.66. The van der Waals surface area contributed by atoms with E-state index in [9.17, 15) is 14.7 Å². The van der Waals surface area contributed by atoms with Crippen LogP contribution in [0, 0.1) is 0 Å². The first-order chi connectivity index (χ1) is 9.01. The molecule has 0 aliphatic rings. The average molecular weight is 265 g/mol. The van der Waals surface area contributed by atoms with E-state index in [0.717, 1.165) is 5.56 Å². The summed E-state index contributed by atoms with van der Waals surface area (Å²) in [5, 5.41) is 14.6. The lowest BCUT2D eigenvalue weighted by Gasteiger charge is -2.29. The summed E-state index contributed by atoms with van der Waals surface area (Å²) in [6.45, 7) is 1.14. The van der Waals surface area contributed by atoms with Crippen LogP contribution in [-0.4, -0.2) is 36.6 Å². The minimum absolute atomic E-state index is 0.163. The molecule has 6 heteroatoms. The number of benzene rings is 1. The highest BCUT2D eigenvalue weighted by molar-refractivity contribution is 5.85. The summed E-state index contributed by atoms with van der Waals surface area (Å²) in [7, 11) is 0. The van der Waals surface area contributed by atoms with Gasteiger partial charge in [-0.2, -0.15) is 0 Å². The number of nitrogens with two attached hydrogens (primary N) is 1. The molecule has 6 nitrogen and oxygen atoms in total. The van der Waals surface area contributed by atoms with Crippen molar-refractivity contribution in [2.24, 2.45) is 5.73 Å². The maximum Gasteiger partial charge on any atom is 0.240 e. The molecule has 0 saturated carbocycles. The fourth-order valence-corrected chi connectivity index (χ4v) is 1.61. The van der Waals surface area contributed by atoms with Crippen LogP contribution in [-0.2, 0) is 15.1 Å². The number of aliphatic hydroxyl groups excluding tert-OH is 1. The Hall–Kier alpha value is -1.92. The molecule has 0 saturated heterocycles. The van der Waals surface area contributed by atoms with Crippen LogP contribution in [0.15, 0.2) is 30.3 Å². The standard InChI is InChI=1S/C13H19N3O3/c1-13(9-17,10-5-3-2-4-6-10)16-12(19)8-15-11(18)7-14/h2-6,17H,7-9,14H2,1H3,(H,15,18)(H,16,19). The number of hydrogen-bond acceptors (Lipinski definition) is 4. The van der Waals surface area contributed by atoms with E-state index < -0.39 is 11.4 Å². The predicted molar refractivity (Wildman–Crippen MR) is 71.1 cm³/mol. The van der Waals surface area contributed by atoms with E-state index in [1.54, 1.807) is 6.92 Å². The lowest BCUT2D eigenvalue weighted by molar-refractivity contribution is -0.126. The molecule has 1 aromatic rings. The molecule has 2 amide bonds. The molecular weight excluding hydrogens is 246 g/mol. The van der Waals surface area contributed by atoms with Crippen LogP contribution >= 0.6 is 0 Å². The van der Waals surface area contributed by atoms with Crippen LogP contribution in [0.1, 0.15) is 12.5 Å². The van der Waals surface area contributed by atoms with Gasteiger partial charge in [0.1, 0.15) is 0 Å². The van der Waals surface area contributed by atoms with Gasteiger partial charge in [-0.05, 0) is 12.5 Å². The van der Waals surface area contributed by atoms with Crippen molar-refractivity contribution < 1.29 is 14.7 Å². The first-order valence-corrected chi connectivity index (χ1v) is 5.96. The van der Waals surface area contributed by atoms with Crippen molar-refractivity contribution in [2.45, 2.75) is 12.5 Å². The quantitative estimate of drug-likeness (QED) is 0.534. The third-order valence-electron chi connectivity index (χ3n) is 2.77. The summed E-state index contributed by atoms with van der Waals surface area (Å²) < 4.78 is 0. The smallest absolute Gasteiger partial charge is 0.240 e. The number of hydrogen-bond donors (Lipinski definition) is 4. The van der Waals surface area contributed by atoms with E-state index in [2.05, 4.69) is 10.6 Å². The van der Waals surface area contributed by atoms with Crippen molar-refractivity contribution in [3.05, 3.63) is 35.9 Å². The molecule has 1 unspecified atom stereocenters. The number of nitrogens with one attached hydrogen (secondary N) is 2. The molecule has 1 rings (SSSR count). The predicted octanol–water partition coefficient (Wildman–Crippen LogP) is -0.915. The zero-order valence-corrected chi connectivity index (χ0v) is 10.8. The number of carbonyl (C=O) groups is 2. The van der Waals surface area contributed by atoms with E-state index in [-0.39, 0.29) is 25.6 Å². The fraction of sp³-hybridized carbons (Fsp3) is 0.385. The molecule has 19 heavy (non-hydrogen) atoms. The van der Waals surface area contributed by atoms with Gasteiger partial charge >= 0.3 is 0 Å². The summed E-state index contributed by atoms with van der Waals surface area (Å²) in [4.78, 5) is 22.7. The number of amides is 2. The van der Waals surface area contributed by atoms with E-state index in [4.69, 9.17) is 5.73 Å². The molecule has 1 aromatic carbocycles. The molecule has 0 fully saturated rings. The van der Waals surface area contributed by atoms with Gasteiger partial charge in [0.25, 0.3) is 0 Å². The van der Waals surface area contributed by atoms with Gasteiger partial charge in [0.15, 0.2) is 0 Å². The molecule has 5 N–H and O–H groups in total. The van der Waals surface area contributed by atoms with Gasteiger partial charge in [-0.1, -0.05) is 30.3 Å². The minimum atomic E-state index is -0.883. The highest BCUT2D eigenvalue weighted by Crippen LogP contribution is 2.19. The van der Waals surface area contributed by atoms with E-state index in [1.165, 1.54) is 0 Å². The van der Waals surface area contributed by atoms with Crippen LogP contribution in [0.25, 0.3) is 0 Å². The summed E-state index contributed by atoms with van der Waals surface area (Å²) in [5.41, 5.74) is 5.02. The van der Waals surface area contributed by atoms with Gasteiger partial charge in [0, 0.05) is 0 Å². The highest BCUT2D eigenvalue weighted by atomic mass is 16.3. The summed E-state index contributed by atoms with van der Waals surface area (Å²) in [5.74, 6) is -0.789. The molecule has 1 atom stereocenters. The summed E-state index contributed by atoms with van der Waals surface area (Å²) in [6, 6.07) is 9.13. The third-order valence-corrected chi connectivity index (χ3v) is 2.77. The monoisotopic (exact) mass is 265 g/mol. The lowest BCUT2D eigenvalue weighted by Crippen LogP contribution is -2.50. The molecular formula is C13H19N3O3. The Morgan fingerprint density at radius 3 is 2.42 bits per heavy atom. The molecule has 0 spiro atoms. The van der Waals surface area contributed by atoms with E-state index in [0.29, 0.717) is 0 Å². The van der Waals surface area contributed by atoms with E-state index in [1.807, 2.05) is 30.3 Å². The first-order valence-electron chi connectivity index (χ1n) is 5.96. The second-order valence-corrected chi connectivity index (χ2v) is 4.39. The van der Waals surface area contributed by atoms with Crippen LogP contribution in [0.5, 0.6) is 0 Å². The van der Waals surface area contributed by atoms with Crippen molar-refractivity contribution in [3.8, 4) is 0 Å². The molecule has 0 aliphatic heterocycles. The van der Waals surface area contributed by atoms with Gasteiger partial charge < -0.3 is 21.5 Å². The van der Waals surface area contributed by atoms with Gasteiger partial charge in [-0.15, -0.1) is 0 Å². The van der Waals surface area contributed by atoms with Gasteiger partial charge in [0.2, 0.25) is 11.8 Å². The normalized spacial score (nSPS) is 13.4. The van der Waals surface area contributed by atoms with Crippen molar-refractivity contribution in [3.63, 3.8) is 0 Å². The van der Waals surface area contributed by atoms with Crippen molar-refractivity contribution >= 4 is 11.8 Å². The minimum Gasteiger partial charge on any atom is -0.394 e. The topological polar surface area (TPSA) is 104 Å². The number of aliphatic hydroxyl groups is 1. The van der Waals surface area contributed by atoms with E-state index >= 15 is 0 Å². The lowest BCUT2D eigenvalue weighted by atomic mass is 9.93. The Bertz CT molecular complexity index is 436. The van der Waals surface area contributed by atoms with Crippen molar-refractivity contribution in [1.29, 1.82) is 0 Å². The zero-order chi connectivity index (χ0) is 14.3. The molecule has 0 heterocycles. The molecule has 0 aromatic heterocycles. The maximum atomic E-state index is 11.7. The Labute approximate surface area is 112 Å². The second-order valence-electron chi connectivity index (χ2n) is 4.39. The fourth-order valence-electron chi connectivity index (χ4n) is 1.61. The van der Waals surface area contributed by atoms with Gasteiger partial charge in [0.05, 0.1) is 25.2 Å². The number of carbonyl (C=O) groups excluding carboxylic acids is 2. The highest BCUT2D eigenvalue weighted by Gasteiger charge is 2.27. The van der Waals surface area contributed by atoms with Crippen LogP contribution in [0.4, 0.5) is 0 Å². The molecule has 104 valence electrons.